The van der Waals surface area contributed by atoms with Crippen molar-refractivity contribution in [2.75, 3.05) is 19.6 Å². The van der Waals surface area contributed by atoms with Crippen molar-refractivity contribution in [1.29, 1.82) is 0 Å². The fraction of sp³-hybridized carbons (Fsp3) is 0.533. The summed E-state index contributed by atoms with van der Waals surface area (Å²) >= 11 is 0. The maximum atomic E-state index is 4.78. The van der Waals surface area contributed by atoms with Crippen LogP contribution < -0.4 is 5.32 Å². The normalized spacial score (nSPS) is 20.0. The molecule has 0 saturated carbocycles. The summed E-state index contributed by atoms with van der Waals surface area (Å²) in [4.78, 5) is 2.50. The predicted molar refractivity (Wildman–Crippen MR) is 85.4 cm³/mol. The van der Waals surface area contributed by atoms with Gasteiger partial charge in [0.15, 0.2) is 0 Å². The number of nitrogens with one attached hydrogen (secondary N) is 1. The van der Waals surface area contributed by atoms with Crippen molar-refractivity contribution in [2.24, 2.45) is 0 Å². The monoisotopic (exact) mass is 294 g/mol. The van der Waals surface area contributed by atoms with E-state index >= 15 is 0 Å². The largest absolute Gasteiger partial charge is 0.312 e. The van der Waals surface area contributed by atoms with Crippen molar-refractivity contribution in [3.05, 3.63) is 30.0 Å². The molecule has 0 aliphatic carbocycles. The summed E-state index contributed by atoms with van der Waals surface area (Å²) in [7, 11) is 0. The number of hydrogen-bond donors (Lipinski definition) is 1. The molecule has 110 valence electrons. The number of aromatic nitrogens is 2. The average molecular weight is 295 g/mol. The SMILES string of the molecule is CCn1nc(CN2CCN[C@H](C)C2)c2ccccc21.Cl. The van der Waals surface area contributed by atoms with E-state index < -0.39 is 0 Å². The molecule has 0 unspecified atom stereocenters. The van der Waals surface area contributed by atoms with Crippen LogP contribution in [-0.2, 0) is 13.1 Å². The first-order valence-corrected chi connectivity index (χ1v) is 7.18. The van der Waals surface area contributed by atoms with E-state index in [1.165, 1.54) is 16.6 Å². The Morgan fingerprint density at radius 3 is 2.90 bits per heavy atom. The Morgan fingerprint density at radius 2 is 2.15 bits per heavy atom. The van der Waals surface area contributed by atoms with Gasteiger partial charge in [0.05, 0.1) is 11.2 Å². The molecule has 5 heteroatoms. The standard InChI is InChI=1S/C15H22N4.ClH/c1-3-19-15-7-5-4-6-13(15)14(17-19)11-18-9-8-16-12(2)10-18;/h4-7,12,16H,3,8-11H2,1-2H3;1H/t12-;/m1./s1. The Labute approximate surface area is 126 Å². The summed E-state index contributed by atoms with van der Waals surface area (Å²) < 4.78 is 2.11. The molecule has 4 nitrogen and oxygen atoms in total. The Morgan fingerprint density at radius 1 is 1.35 bits per heavy atom. The molecule has 0 amide bonds. The van der Waals surface area contributed by atoms with Crippen LogP contribution in [0.15, 0.2) is 24.3 Å². The minimum atomic E-state index is 0. The molecule has 1 aliphatic rings. The Balaban J connectivity index is 0.00000147. The van der Waals surface area contributed by atoms with Crippen LogP contribution in [-0.4, -0.2) is 40.4 Å². The van der Waals surface area contributed by atoms with E-state index in [-0.39, 0.29) is 12.4 Å². The molecular weight excluding hydrogens is 272 g/mol. The number of halogens is 1. The highest BCUT2D eigenvalue weighted by molar-refractivity contribution is 5.85. The molecule has 0 spiro atoms. The first kappa shape index (κ1) is 15.3. The quantitative estimate of drug-likeness (QED) is 0.943. The van der Waals surface area contributed by atoms with E-state index in [9.17, 15) is 0 Å². The number of piperazine rings is 1. The third-order valence-corrected chi connectivity index (χ3v) is 3.86. The highest BCUT2D eigenvalue weighted by atomic mass is 35.5. The van der Waals surface area contributed by atoms with Crippen molar-refractivity contribution in [1.82, 2.24) is 20.0 Å². The van der Waals surface area contributed by atoms with Crippen LogP contribution >= 0.6 is 12.4 Å². The van der Waals surface area contributed by atoms with Crippen molar-refractivity contribution in [3.8, 4) is 0 Å². The zero-order valence-corrected chi connectivity index (χ0v) is 13.0. The van der Waals surface area contributed by atoms with E-state index in [0.29, 0.717) is 6.04 Å². The van der Waals surface area contributed by atoms with Crippen molar-refractivity contribution in [3.63, 3.8) is 0 Å². The van der Waals surface area contributed by atoms with Gasteiger partial charge in [-0.15, -0.1) is 12.4 Å². The number of fused-ring (bicyclic) bond motifs is 1. The second-order valence-electron chi connectivity index (χ2n) is 5.37. The van der Waals surface area contributed by atoms with Crippen LogP contribution in [0.1, 0.15) is 19.5 Å². The first-order valence-electron chi connectivity index (χ1n) is 7.18. The van der Waals surface area contributed by atoms with Gasteiger partial charge < -0.3 is 5.32 Å². The molecule has 1 fully saturated rings. The molecule has 0 bridgehead atoms. The second kappa shape index (κ2) is 6.57. The molecule has 1 saturated heterocycles. The van der Waals surface area contributed by atoms with Gasteiger partial charge >= 0.3 is 0 Å². The smallest absolute Gasteiger partial charge is 0.0843 e. The first-order chi connectivity index (χ1) is 9.28. The molecule has 1 aromatic heterocycles. The van der Waals surface area contributed by atoms with Gasteiger partial charge in [-0.25, -0.2) is 0 Å². The molecule has 2 aromatic rings. The summed E-state index contributed by atoms with van der Waals surface area (Å²) in [5.41, 5.74) is 2.47. The van der Waals surface area contributed by atoms with Crippen LogP contribution in [0.4, 0.5) is 0 Å². The lowest BCUT2D eigenvalue weighted by Crippen LogP contribution is -2.48. The summed E-state index contributed by atoms with van der Waals surface area (Å²) in [6, 6.07) is 9.12. The molecule has 1 atom stereocenters. The lowest BCUT2D eigenvalue weighted by atomic mass is 10.2. The Kier molecular flexibility index (Phi) is 5.02. The zero-order chi connectivity index (χ0) is 13.2. The number of rotatable bonds is 3. The van der Waals surface area contributed by atoms with Crippen molar-refractivity contribution < 1.29 is 0 Å². The summed E-state index contributed by atoms with van der Waals surface area (Å²) in [6.07, 6.45) is 0. The molecule has 0 radical (unpaired) electrons. The van der Waals surface area contributed by atoms with Crippen LogP contribution in [0.2, 0.25) is 0 Å². The fourth-order valence-corrected chi connectivity index (χ4v) is 2.92. The van der Waals surface area contributed by atoms with Gasteiger partial charge in [-0.3, -0.25) is 9.58 Å². The number of hydrogen-bond acceptors (Lipinski definition) is 3. The highest BCUT2D eigenvalue weighted by Gasteiger charge is 2.18. The lowest BCUT2D eigenvalue weighted by molar-refractivity contribution is 0.198. The van der Waals surface area contributed by atoms with E-state index in [4.69, 9.17) is 5.10 Å². The van der Waals surface area contributed by atoms with Gasteiger partial charge in [0.2, 0.25) is 0 Å². The van der Waals surface area contributed by atoms with E-state index in [0.717, 1.165) is 32.7 Å². The Bertz CT molecular complexity index is 566. The van der Waals surface area contributed by atoms with Gasteiger partial charge in [0, 0.05) is 44.2 Å². The highest BCUT2D eigenvalue weighted by Crippen LogP contribution is 2.20. The number of nitrogens with zero attached hydrogens (tertiary/aromatic N) is 3. The molecule has 1 aliphatic heterocycles. The fourth-order valence-electron chi connectivity index (χ4n) is 2.92. The molecule has 1 N–H and O–H groups in total. The van der Waals surface area contributed by atoms with Gasteiger partial charge in [0.1, 0.15) is 0 Å². The lowest BCUT2D eigenvalue weighted by Gasteiger charge is -2.31. The minimum absolute atomic E-state index is 0. The summed E-state index contributed by atoms with van der Waals surface area (Å²) in [5.74, 6) is 0. The van der Waals surface area contributed by atoms with Gasteiger partial charge in [0.25, 0.3) is 0 Å². The molecule has 1 aromatic carbocycles. The third-order valence-electron chi connectivity index (χ3n) is 3.86. The number of aryl methyl sites for hydroxylation is 1. The van der Waals surface area contributed by atoms with Crippen LogP contribution in [0.5, 0.6) is 0 Å². The third kappa shape index (κ3) is 2.97. The molecule has 20 heavy (non-hydrogen) atoms. The van der Waals surface area contributed by atoms with E-state index in [1.54, 1.807) is 0 Å². The Hall–Kier alpha value is -1.10. The maximum Gasteiger partial charge on any atom is 0.0843 e. The van der Waals surface area contributed by atoms with E-state index in [2.05, 4.69) is 53.0 Å². The zero-order valence-electron chi connectivity index (χ0n) is 12.2. The van der Waals surface area contributed by atoms with Crippen LogP contribution in [0.25, 0.3) is 10.9 Å². The summed E-state index contributed by atoms with van der Waals surface area (Å²) in [5, 5.41) is 9.57. The van der Waals surface area contributed by atoms with Crippen LogP contribution in [0, 0.1) is 0 Å². The topological polar surface area (TPSA) is 33.1 Å². The van der Waals surface area contributed by atoms with Gasteiger partial charge in [-0.2, -0.15) is 5.10 Å². The van der Waals surface area contributed by atoms with Crippen LogP contribution in [0.3, 0.4) is 0 Å². The molecule has 2 heterocycles. The van der Waals surface area contributed by atoms with Crippen molar-refractivity contribution >= 4 is 23.3 Å². The van der Waals surface area contributed by atoms with Gasteiger partial charge in [-0.05, 0) is 19.9 Å². The van der Waals surface area contributed by atoms with Gasteiger partial charge in [-0.1, -0.05) is 18.2 Å². The number of benzene rings is 1. The average Bonchev–Trinajstić information content (AvgIpc) is 2.77. The second-order valence-corrected chi connectivity index (χ2v) is 5.37. The van der Waals surface area contributed by atoms with E-state index in [1.807, 2.05) is 0 Å². The molecular formula is C15H23ClN4. The molecule has 3 rings (SSSR count). The predicted octanol–water partition coefficient (Wildman–Crippen LogP) is 2.27. The number of para-hydroxylation sites is 1. The maximum absolute atomic E-state index is 4.78. The minimum Gasteiger partial charge on any atom is -0.312 e. The summed E-state index contributed by atoms with van der Waals surface area (Å²) in [6.45, 7) is 9.57. The van der Waals surface area contributed by atoms with Crippen molar-refractivity contribution in [2.45, 2.75) is 33.0 Å².